The van der Waals surface area contributed by atoms with Crippen LogP contribution in [0, 0.1) is 11.3 Å². The number of Topliss-reactive ketones (excluding diaryl/α,β-unsaturated/α-hetero) is 2. The number of alkyl halides is 3. The molecule has 1 aliphatic rings. The van der Waals surface area contributed by atoms with Crippen molar-refractivity contribution in [2.45, 2.75) is 18.6 Å². The van der Waals surface area contributed by atoms with Gasteiger partial charge in [0, 0.05) is 43.2 Å². The van der Waals surface area contributed by atoms with E-state index in [-0.39, 0.29) is 17.8 Å². The molecule has 5 nitrogen and oxygen atoms in total. The first-order valence-electron chi connectivity index (χ1n) is 8.38. The molecule has 0 bridgehead atoms. The summed E-state index contributed by atoms with van der Waals surface area (Å²) in [6.07, 6.45) is -3.20. The van der Waals surface area contributed by atoms with Crippen LogP contribution in [0.3, 0.4) is 0 Å². The van der Waals surface area contributed by atoms with E-state index in [1.807, 2.05) is 30.3 Å². The summed E-state index contributed by atoms with van der Waals surface area (Å²) in [7, 11) is 3.19. The molecular weight excluding hydrogens is 371 g/mol. The molecule has 0 amide bonds. The Morgan fingerprint density at radius 3 is 2.50 bits per heavy atom. The Hall–Kier alpha value is -3.34. The summed E-state index contributed by atoms with van der Waals surface area (Å²) in [5.74, 6) is -2.28. The molecule has 2 heterocycles. The number of carbonyl (C=O) groups excluding carboxylic acids is 2. The number of carbonyl (C=O) groups is 2. The largest absolute Gasteiger partial charge is 0.454 e. The Labute approximate surface area is 158 Å². The number of para-hydroxylation sites is 1. The van der Waals surface area contributed by atoms with E-state index in [4.69, 9.17) is 0 Å². The summed E-state index contributed by atoms with van der Waals surface area (Å²) in [6, 6.07) is 10.3. The highest BCUT2D eigenvalue weighted by atomic mass is 19.4. The fraction of sp³-hybridized carbons (Fsp3) is 0.250. The maximum Gasteiger partial charge on any atom is 0.454 e. The van der Waals surface area contributed by atoms with Crippen molar-refractivity contribution in [1.29, 1.82) is 5.26 Å². The molecule has 0 fully saturated rings. The standard InChI is InChI=1S/C20H16F3N3O2/c1-25-11-14(19(28)20(21,22)23)7-13(10-24)16(25)9-18(27)17-8-12-5-3-4-6-15(12)26(17)2/h3-8,11,16H,9H2,1-2H3. The van der Waals surface area contributed by atoms with Gasteiger partial charge in [-0.25, -0.2) is 0 Å². The maximum absolute atomic E-state index is 12.8. The Balaban J connectivity index is 1.88. The van der Waals surface area contributed by atoms with Crippen molar-refractivity contribution in [3.63, 3.8) is 0 Å². The number of aryl methyl sites for hydroxylation is 1. The van der Waals surface area contributed by atoms with Crippen molar-refractivity contribution in [3.8, 4) is 6.07 Å². The number of aromatic nitrogens is 1. The van der Waals surface area contributed by atoms with Gasteiger partial charge in [-0.05, 0) is 18.2 Å². The predicted octanol–water partition coefficient (Wildman–Crippen LogP) is 3.53. The van der Waals surface area contributed by atoms with Crippen LogP contribution in [0.1, 0.15) is 16.9 Å². The fourth-order valence-corrected chi connectivity index (χ4v) is 3.31. The number of hydrogen-bond acceptors (Lipinski definition) is 4. The van der Waals surface area contributed by atoms with E-state index < -0.39 is 23.6 Å². The third kappa shape index (κ3) is 3.43. The van der Waals surface area contributed by atoms with Crippen LogP contribution in [0.25, 0.3) is 10.9 Å². The SMILES string of the molecule is CN1C=C(C(=O)C(F)(F)F)C=C(C#N)C1CC(=O)c1cc2ccccc2n1C. The number of nitriles is 1. The third-order valence-corrected chi connectivity index (χ3v) is 4.77. The normalized spacial score (nSPS) is 17.1. The Bertz CT molecular complexity index is 1070. The zero-order chi connectivity index (χ0) is 20.6. The second-order valence-corrected chi connectivity index (χ2v) is 6.58. The van der Waals surface area contributed by atoms with E-state index in [2.05, 4.69) is 0 Å². The molecule has 1 aliphatic heterocycles. The number of likely N-dealkylation sites (N-methyl/N-ethyl adjacent to an activating group) is 1. The summed E-state index contributed by atoms with van der Waals surface area (Å²) in [4.78, 5) is 25.6. The lowest BCUT2D eigenvalue weighted by atomic mass is 9.93. The molecule has 0 saturated carbocycles. The summed E-state index contributed by atoms with van der Waals surface area (Å²) in [5.41, 5.74) is 0.620. The minimum Gasteiger partial charge on any atom is -0.372 e. The Morgan fingerprint density at radius 1 is 1.21 bits per heavy atom. The average Bonchev–Trinajstić information content (AvgIpc) is 2.99. The van der Waals surface area contributed by atoms with Gasteiger partial charge in [0.05, 0.1) is 23.4 Å². The van der Waals surface area contributed by atoms with Gasteiger partial charge in [-0.1, -0.05) is 18.2 Å². The summed E-state index contributed by atoms with van der Waals surface area (Å²) < 4.78 is 39.8. The summed E-state index contributed by atoms with van der Waals surface area (Å²) >= 11 is 0. The molecule has 8 heteroatoms. The van der Waals surface area contributed by atoms with Crippen LogP contribution in [0.5, 0.6) is 0 Å². The van der Waals surface area contributed by atoms with Gasteiger partial charge in [-0.2, -0.15) is 18.4 Å². The molecule has 0 N–H and O–H groups in total. The van der Waals surface area contributed by atoms with Crippen molar-refractivity contribution in [1.82, 2.24) is 9.47 Å². The molecule has 1 atom stereocenters. The molecule has 0 saturated heterocycles. The van der Waals surface area contributed by atoms with E-state index in [1.54, 1.807) is 17.7 Å². The summed E-state index contributed by atoms with van der Waals surface area (Å²) in [6.45, 7) is 0. The van der Waals surface area contributed by atoms with Crippen molar-refractivity contribution >= 4 is 22.5 Å². The second-order valence-electron chi connectivity index (χ2n) is 6.58. The maximum atomic E-state index is 12.8. The fourth-order valence-electron chi connectivity index (χ4n) is 3.31. The molecule has 0 aliphatic carbocycles. The molecule has 0 radical (unpaired) electrons. The van der Waals surface area contributed by atoms with Crippen molar-refractivity contribution < 1.29 is 22.8 Å². The van der Waals surface area contributed by atoms with Crippen LogP contribution in [-0.2, 0) is 11.8 Å². The molecule has 1 aromatic carbocycles. The molecule has 3 rings (SSSR count). The topological polar surface area (TPSA) is 66.1 Å². The first kappa shape index (κ1) is 19.4. The van der Waals surface area contributed by atoms with Crippen molar-refractivity contribution in [2.24, 2.45) is 7.05 Å². The quantitative estimate of drug-likeness (QED) is 0.753. The number of rotatable bonds is 4. The zero-order valence-corrected chi connectivity index (χ0v) is 15.1. The third-order valence-electron chi connectivity index (χ3n) is 4.77. The average molecular weight is 387 g/mol. The monoisotopic (exact) mass is 387 g/mol. The van der Waals surface area contributed by atoms with Gasteiger partial charge in [-0.15, -0.1) is 0 Å². The van der Waals surface area contributed by atoms with Crippen LogP contribution in [0.15, 0.2) is 53.8 Å². The second kappa shape index (κ2) is 7.00. The van der Waals surface area contributed by atoms with Gasteiger partial charge in [0.2, 0.25) is 0 Å². The van der Waals surface area contributed by atoms with Crippen LogP contribution in [0.2, 0.25) is 0 Å². The van der Waals surface area contributed by atoms with Crippen LogP contribution in [0.4, 0.5) is 13.2 Å². The van der Waals surface area contributed by atoms with E-state index in [0.717, 1.165) is 23.2 Å². The molecule has 144 valence electrons. The van der Waals surface area contributed by atoms with Crippen molar-refractivity contribution in [3.05, 3.63) is 59.4 Å². The smallest absolute Gasteiger partial charge is 0.372 e. The van der Waals surface area contributed by atoms with E-state index in [0.29, 0.717) is 5.69 Å². The molecule has 28 heavy (non-hydrogen) atoms. The molecular formula is C20H16F3N3O2. The zero-order valence-electron chi connectivity index (χ0n) is 15.1. The highest BCUT2D eigenvalue weighted by molar-refractivity contribution is 6.03. The number of benzene rings is 1. The lowest BCUT2D eigenvalue weighted by Gasteiger charge is -2.30. The predicted molar refractivity (Wildman–Crippen MR) is 96.3 cm³/mol. The van der Waals surface area contributed by atoms with Gasteiger partial charge in [-0.3, -0.25) is 9.59 Å². The Morgan fingerprint density at radius 2 is 1.89 bits per heavy atom. The number of ketones is 2. The highest BCUT2D eigenvalue weighted by Gasteiger charge is 2.41. The van der Waals surface area contributed by atoms with Crippen LogP contribution in [-0.4, -0.2) is 40.3 Å². The van der Waals surface area contributed by atoms with Crippen LogP contribution < -0.4 is 0 Å². The number of nitrogens with zero attached hydrogens (tertiary/aromatic N) is 3. The first-order valence-corrected chi connectivity index (χ1v) is 8.38. The van der Waals surface area contributed by atoms with Crippen LogP contribution >= 0.6 is 0 Å². The minimum absolute atomic E-state index is 0.0651. The Kier molecular flexibility index (Phi) is 4.86. The van der Waals surface area contributed by atoms with Gasteiger partial charge in [0.15, 0.2) is 5.78 Å². The highest BCUT2D eigenvalue weighted by Crippen LogP contribution is 2.29. The minimum atomic E-state index is -5.03. The number of allylic oxidation sites excluding steroid dienone is 2. The van der Waals surface area contributed by atoms with Gasteiger partial charge < -0.3 is 9.47 Å². The number of fused-ring (bicyclic) bond motifs is 1. The van der Waals surface area contributed by atoms with E-state index in [1.165, 1.54) is 11.9 Å². The first-order chi connectivity index (χ1) is 13.1. The van der Waals surface area contributed by atoms with E-state index >= 15 is 0 Å². The van der Waals surface area contributed by atoms with Crippen molar-refractivity contribution in [2.75, 3.05) is 7.05 Å². The lowest BCUT2D eigenvalue weighted by molar-refractivity contribution is -0.166. The number of hydrogen-bond donors (Lipinski definition) is 0. The lowest BCUT2D eigenvalue weighted by Crippen LogP contribution is -2.36. The number of halogens is 3. The molecule has 1 unspecified atom stereocenters. The van der Waals surface area contributed by atoms with Gasteiger partial charge >= 0.3 is 6.18 Å². The van der Waals surface area contributed by atoms with Gasteiger partial charge in [0.25, 0.3) is 5.78 Å². The molecule has 0 spiro atoms. The summed E-state index contributed by atoms with van der Waals surface area (Å²) in [5, 5.41) is 10.2. The molecule has 2 aromatic rings. The van der Waals surface area contributed by atoms with Gasteiger partial charge in [0.1, 0.15) is 0 Å². The molecule has 1 aromatic heterocycles. The van der Waals surface area contributed by atoms with E-state index in [9.17, 15) is 28.0 Å².